The Morgan fingerprint density at radius 2 is 1.48 bits per heavy atom. The number of hydrogen-bond donors (Lipinski definition) is 0. The van der Waals surface area contributed by atoms with Crippen LogP contribution in [0, 0.1) is 25.9 Å². The first-order valence-corrected chi connectivity index (χ1v) is 28.7. The largest absolute Gasteiger partial charge is 0 e. The van der Waals surface area contributed by atoms with Gasteiger partial charge in [0, 0.05) is 37.1 Å². The maximum Gasteiger partial charge on any atom is 0 e. The van der Waals surface area contributed by atoms with Crippen molar-refractivity contribution in [1.82, 2.24) is 19.5 Å². The van der Waals surface area contributed by atoms with Crippen LogP contribution in [0.15, 0.2) is 158 Å². The van der Waals surface area contributed by atoms with Gasteiger partial charge in [0.25, 0.3) is 0 Å². The molecule has 0 fully saturated rings. The van der Waals surface area contributed by atoms with Gasteiger partial charge >= 0.3 is 131 Å². The first-order valence-electron chi connectivity index (χ1n) is 22.5. The number of imidazole rings is 1. The van der Waals surface area contributed by atoms with Crippen molar-refractivity contribution in [2.75, 3.05) is 0 Å². The quantitative estimate of drug-likeness (QED) is 0.118. The number of nitrogens with zero attached hydrogens (tertiary/aromatic N) is 4. The summed E-state index contributed by atoms with van der Waals surface area (Å²) in [6, 6.07) is 58.1. The molecule has 0 spiro atoms. The van der Waals surface area contributed by atoms with Gasteiger partial charge in [-0.15, -0.1) is 18.2 Å². The Bertz CT molecular complexity index is 3340. The average molecular weight is 1070 g/mol. The van der Waals surface area contributed by atoms with E-state index in [1.165, 1.54) is 32.4 Å². The van der Waals surface area contributed by atoms with Crippen LogP contribution in [0.1, 0.15) is 42.0 Å². The maximum atomic E-state index is 8.49. The monoisotopic (exact) mass is 1070 g/mol. The Labute approximate surface area is 391 Å². The van der Waals surface area contributed by atoms with E-state index < -0.39 is 26.0 Å². The third-order valence-corrected chi connectivity index (χ3v) is 16.4. The van der Waals surface area contributed by atoms with E-state index in [-0.39, 0.29) is 25.7 Å². The standard InChI is InChI=1S/C37H24N3S.C18H24GeN.Ir/c1-24-19-21-29-28-15-10-16-30(35(28)41-37(29)38-24)36-39-32-17-8-9-18-34(32)40(36)33-22-20-27(25-11-4-2-5-12-25)23-31(33)26-13-6-3-7-14-26;1-13(2)16-11-18(15-9-7-14(3)8-10-15)20-12-17(16)19(4,5)6;/h2-15,17-23H,1H3;7-9,11-13H,1-6H3;/q2*-1;/i;3D3,13D;. The minimum Gasteiger partial charge on any atom is 0 e. The van der Waals surface area contributed by atoms with Crippen LogP contribution >= 0.6 is 11.3 Å². The Morgan fingerprint density at radius 1 is 0.742 bits per heavy atom. The van der Waals surface area contributed by atoms with Gasteiger partial charge in [0.15, 0.2) is 0 Å². The van der Waals surface area contributed by atoms with E-state index in [4.69, 9.17) is 15.5 Å². The van der Waals surface area contributed by atoms with Crippen LogP contribution in [-0.4, -0.2) is 32.8 Å². The zero-order chi connectivity index (χ0) is 45.7. The van der Waals surface area contributed by atoms with Crippen molar-refractivity contribution in [1.29, 1.82) is 0 Å². The van der Waals surface area contributed by atoms with Crippen molar-refractivity contribution in [2.45, 2.75) is 50.8 Å². The number of fused-ring (bicyclic) bond motifs is 4. The van der Waals surface area contributed by atoms with Gasteiger partial charge in [0.2, 0.25) is 0 Å². The predicted octanol–water partition coefficient (Wildman–Crippen LogP) is 14.4. The molecule has 0 saturated heterocycles. The van der Waals surface area contributed by atoms with Crippen LogP contribution in [0.5, 0.6) is 0 Å². The predicted molar refractivity (Wildman–Crippen MR) is 262 cm³/mol. The van der Waals surface area contributed by atoms with Gasteiger partial charge in [-0.3, -0.25) is 4.98 Å². The van der Waals surface area contributed by atoms with Crippen molar-refractivity contribution in [3.05, 3.63) is 187 Å². The van der Waals surface area contributed by atoms with E-state index in [0.29, 0.717) is 0 Å². The molecule has 7 heteroatoms. The summed E-state index contributed by atoms with van der Waals surface area (Å²) in [5, 5.41) is 2.36. The molecule has 0 aliphatic heterocycles. The minimum absolute atomic E-state index is 0. The Hall–Kier alpha value is -5.50. The van der Waals surface area contributed by atoms with Crippen LogP contribution in [0.2, 0.25) is 17.3 Å². The van der Waals surface area contributed by atoms with Gasteiger partial charge < -0.3 is 4.57 Å². The molecule has 0 N–H and O–H groups in total. The maximum absolute atomic E-state index is 8.49. The fraction of sp³-hybridized carbons (Fsp3) is 0.145. The molecule has 0 aliphatic rings. The molecule has 0 aliphatic carbocycles. The molecule has 0 saturated carbocycles. The SMILES string of the molecule is Cc1ccc2c(n1)sc1c(-c3nc4ccccc4n3-c3ccc(-c4ccccc4)cc3-c3ccccc3)[c-]ccc12.[2H]C([2H])([2H])c1c[c-]c(-c2cc(C([2H])(C)C)[c]([Ge]([CH3])([CH3])[CH3])cn2)cc1.[Ir]. The molecule has 0 atom stereocenters. The molecular formula is C55H48GeIrN4S-2. The van der Waals surface area contributed by atoms with E-state index in [2.05, 4.69) is 160 Å². The molecule has 62 heavy (non-hydrogen) atoms. The normalized spacial score (nSPS) is 12.8. The average Bonchev–Trinajstić information content (AvgIpc) is 3.87. The number of aromatic nitrogens is 4. The summed E-state index contributed by atoms with van der Waals surface area (Å²) >= 11 is -0.425. The van der Waals surface area contributed by atoms with Crippen LogP contribution < -0.4 is 4.40 Å². The van der Waals surface area contributed by atoms with Crippen molar-refractivity contribution in [3.8, 4) is 50.6 Å². The molecule has 4 heterocycles. The minimum atomic E-state index is -2.14. The van der Waals surface area contributed by atoms with Gasteiger partial charge in [-0.05, 0) is 64.0 Å². The third kappa shape index (κ3) is 8.62. The van der Waals surface area contributed by atoms with Gasteiger partial charge in [0.1, 0.15) is 4.83 Å². The van der Waals surface area contributed by atoms with E-state index >= 15 is 0 Å². The fourth-order valence-electron chi connectivity index (χ4n) is 7.91. The molecular weight excluding hydrogens is 1010 g/mol. The van der Waals surface area contributed by atoms with Crippen molar-refractivity contribution in [3.63, 3.8) is 0 Å². The number of hydrogen-bond acceptors (Lipinski definition) is 4. The van der Waals surface area contributed by atoms with Crippen LogP contribution in [0.4, 0.5) is 0 Å². The molecule has 1 radical (unpaired) electrons. The smallest absolute Gasteiger partial charge is 0 e. The summed E-state index contributed by atoms with van der Waals surface area (Å²) in [4.78, 5) is 15.7. The van der Waals surface area contributed by atoms with Crippen LogP contribution in [0.3, 0.4) is 0 Å². The first kappa shape index (κ1) is 38.2. The van der Waals surface area contributed by atoms with Crippen molar-refractivity contribution < 1.29 is 25.6 Å². The Kier molecular flexibility index (Phi) is 11.1. The number of benzene rings is 6. The number of rotatable bonds is 7. The molecule has 0 unspecified atom stereocenters. The zero-order valence-corrected chi connectivity index (χ0v) is 40.9. The third-order valence-electron chi connectivity index (χ3n) is 11.0. The van der Waals surface area contributed by atoms with Crippen molar-refractivity contribution in [2.24, 2.45) is 0 Å². The summed E-state index contributed by atoms with van der Waals surface area (Å²) < 4.78 is 35.5. The molecule has 6 aromatic carbocycles. The topological polar surface area (TPSA) is 43.6 Å². The van der Waals surface area contributed by atoms with E-state index in [9.17, 15) is 0 Å². The first-order chi connectivity index (χ1) is 31.0. The molecule has 0 bridgehead atoms. The fourth-order valence-corrected chi connectivity index (χ4v) is 12.4. The summed E-state index contributed by atoms with van der Waals surface area (Å²) in [5.41, 5.74) is 12.6. The summed E-state index contributed by atoms with van der Waals surface area (Å²) in [6.45, 7) is 3.71. The molecule has 10 rings (SSSR count). The molecule has 0 amide bonds. The second kappa shape index (κ2) is 18.1. The number of aryl methyl sites for hydroxylation is 2. The van der Waals surface area contributed by atoms with Gasteiger partial charge in [-0.2, -0.15) is 11.3 Å². The summed E-state index contributed by atoms with van der Waals surface area (Å²) in [7, 11) is 0. The van der Waals surface area contributed by atoms with E-state index in [1.54, 1.807) is 23.5 Å². The number of thiophene rings is 1. The summed E-state index contributed by atoms with van der Waals surface area (Å²) in [5.74, 6) is 7.06. The van der Waals surface area contributed by atoms with E-state index in [0.717, 1.165) is 71.3 Å². The van der Waals surface area contributed by atoms with Crippen molar-refractivity contribution >= 4 is 60.3 Å². The Morgan fingerprint density at radius 3 is 2.19 bits per heavy atom. The number of pyridine rings is 2. The van der Waals surface area contributed by atoms with Gasteiger partial charge in [0.05, 0.1) is 16.9 Å². The second-order valence-electron chi connectivity index (χ2n) is 16.6. The van der Waals surface area contributed by atoms with Crippen LogP contribution in [-0.2, 0) is 20.1 Å². The number of para-hydroxylation sites is 2. The molecule has 4 nitrogen and oxygen atoms in total. The Balaban J connectivity index is 0.000000204. The molecule has 309 valence electrons. The van der Waals surface area contributed by atoms with E-state index in [1.807, 2.05) is 39.1 Å². The van der Waals surface area contributed by atoms with Gasteiger partial charge in [-0.1, -0.05) is 95.9 Å². The van der Waals surface area contributed by atoms with Crippen LogP contribution in [0.25, 0.3) is 81.9 Å². The molecule has 4 aromatic heterocycles. The van der Waals surface area contributed by atoms with Gasteiger partial charge in [-0.25, -0.2) is 4.98 Å². The summed E-state index contributed by atoms with van der Waals surface area (Å²) in [6.07, 6.45) is 1.91. The molecule has 10 aromatic rings. The zero-order valence-electron chi connectivity index (χ0n) is 39.5. The second-order valence-corrected chi connectivity index (χ2v) is 28.2.